The Hall–Kier alpha value is -0.870. The number of hydrogen-bond acceptors (Lipinski definition) is 3. The predicted octanol–water partition coefficient (Wildman–Crippen LogP) is 1.64. The van der Waals surface area contributed by atoms with Crippen LogP contribution in [0.2, 0.25) is 0 Å². The molecule has 0 aliphatic rings. The van der Waals surface area contributed by atoms with E-state index in [0.29, 0.717) is 5.56 Å². The third-order valence-corrected chi connectivity index (χ3v) is 2.95. The third-order valence-electron chi connectivity index (χ3n) is 2.26. The van der Waals surface area contributed by atoms with Gasteiger partial charge in [0.25, 0.3) is 5.91 Å². The van der Waals surface area contributed by atoms with Gasteiger partial charge in [0.15, 0.2) is 0 Å². The van der Waals surface area contributed by atoms with Crippen LogP contribution in [0.25, 0.3) is 0 Å². The summed E-state index contributed by atoms with van der Waals surface area (Å²) in [6.07, 6.45) is -0.579. The van der Waals surface area contributed by atoms with Crippen molar-refractivity contribution in [2.45, 2.75) is 32.4 Å². The van der Waals surface area contributed by atoms with Crippen LogP contribution < -0.4 is 5.32 Å². The Labute approximate surface area is 87.8 Å². The van der Waals surface area contributed by atoms with Crippen LogP contribution in [0, 0.1) is 0 Å². The maximum absolute atomic E-state index is 11.6. The van der Waals surface area contributed by atoms with Crippen molar-refractivity contribution in [3.05, 3.63) is 22.4 Å². The van der Waals surface area contributed by atoms with E-state index in [2.05, 4.69) is 5.32 Å². The first-order chi connectivity index (χ1) is 6.43. The highest BCUT2D eigenvalue weighted by Gasteiger charge is 2.26. The molecule has 1 aromatic rings. The molecule has 0 spiro atoms. The fourth-order valence-corrected chi connectivity index (χ4v) is 1.50. The van der Waals surface area contributed by atoms with E-state index in [0.717, 1.165) is 0 Å². The molecule has 0 aromatic carbocycles. The van der Waals surface area contributed by atoms with Gasteiger partial charge in [0.2, 0.25) is 0 Å². The number of aliphatic hydroxyl groups is 1. The molecule has 0 saturated heterocycles. The smallest absolute Gasteiger partial charge is 0.252 e. The number of hydrogen-bond donors (Lipinski definition) is 2. The lowest BCUT2D eigenvalue weighted by Gasteiger charge is -2.29. The minimum Gasteiger partial charge on any atom is -0.391 e. The number of amides is 1. The van der Waals surface area contributed by atoms with Crippen molar-refractivity contribution in [3.63, 3.8) is 0 Å². The minimum absolute atomic E-state index is 0.142. The fraction of sp³-hybridized carbons (Fsp3) is 0.500. The molecule has 1 unspecified atom stereocenters. The maximum Gasteiger partial charge on any atom is 0.252 e. The topological polar surface area (TPSA) is 49.3 Å². The lowest BCUT2D eigenvalue weighted by molar-refractivity contribution is 0.0710. The standard InChI is InChI=1S/C10H15NO2S/c1-7(12)10(2,3)11-9(13)8-4-5-14-6-8/h4-7,12H,1-3H3,(H,11,13). The molecule has 0 fully saturated rings. The zero-order valence-electron chi connectivity index (χ0n) is 8.57. The van der Waals surface area contributed by atoms with Crippen LogP contribution in [0.3, 0.4) is 0 Å². The first-order valence-electron chi connectivity index (χ1n) is 4.46. The number of rotatable bonds is 3. The van der Waals surface area contributed by atoms with Crippen LogP contribution >= 0.6 is 11.3 Å². The summed E-state index contributed by atoms with van der Waals surface area (Å²) < 4.78 is 0. The van der Waals surface area contributed by atoms with Gasteiger partial charge < -0.3 is 10.4 Å². The second-order valence-corrected chi connectivity index (χ2v) is 4.64. The van der Waals surface area contributed by atoms with E-state index in [4.69, 9.17) is 0 Å². The van der Waals surface area contributed by atoms with Crippen molar-refractivity contribution in [1.82, 2.24) is 5.32 Å². The molecule has 0 aliphatic heterocycles. The van der Waals surface area contributed by atoms with Gasteiger partial charge in [0.05, 0.1) is 17.2 Å². The van der Waals surface area contributed by atoms with Crippen molar-refractivity contribution >= 4 is 17.2 Å². The van der Waals surface area contributed by atoms with E-state index >= 15 is 0 Å². The number of aliphatic hydroxyl groups excluding tert-OH is 1. The Bertz CT molecular complexity index is 304. The van der Waals surface area contributed by atoms with Gasteiger partial charge in [-0.3, -0.25) is 4.79 Å². The van der Waals surface area contributed by atoms with Crippen molar-refractivity contribution in [2.24, 2.45) is 0 Å². The van der Waals surface area contributed by atoms with E-state index < -0.39 is 11.6 Å². The van der Waals surface area contributed by atoms with Crippen LogP contribution in [0.4, 0.5) is 0 Å². The van der Waals surface area contributed by atoms with Crippen LogP contribution in [0.1, 0.15) is 31.1 Å². The highest BCUT2D eigenvalue weighted by molar-refractivity contribution is 7.08. The van der Waals surface area contributed by atoms with Gasteiger partial charge in [-0.15, -0.1) is 0 Å². The van der Waals surface area contributed by atoms with Crippen molar-refractivity contribution in [1.29, 1.82) is 0 Å². The largest absolute Gasteiger partial charge is 0.391 e. The van der Waals surface area contributed by atoms with E-state index in [1.54, 1.807) is 32.2 Å². The Kier molecular flexibility index (Phi) is 3.29. The monoisotopic (exact) mass is 213 g/mol. The van der Waals surface area contributed by atoms with Gasteiger partial charge in [-0.25, -0.2) is 0 Å². The summed E-state index contributed by atoms with van der Waals surface area (Å²) in [5, 5.41) is 15.8. The zero-order chi connectivity index (χ0) is 10.8. The molecule has 3 nitrogen and oxygen atoms in total. The summed E-state index contributed by atoms with van der Waals surface area (Å²) in [6, 6.07) is 1.76. The van der Waals surface area contributed by atoms with E-state index in [9.17, 15) is 9.90 Å². The van der Waals surface area contributed by atoms with Crippen LogP contribution in [-0.2, 0) is 0 Å². The van der Waals surface area contributed by atoms with Gasteiger partial charge >= 0.3 is 0 Å². The Balaban J connectivity index is 2.66. The SMILES string of the molecule is CC(O)C(C)(C)NC(=O)c1ccsc1. The highest BCUT2D eigenvalue weighted by Crippen LogP contribution is 2.11. The molecule has 0 saturated carbocycles. The summed E-state index contributed by atoms with van der Waals surface area (Å²) in [7, 11) is 0. The number of carbonyl (C=O) groups excluding carboxylic acids is 1. The zero-order valence-corrected chi connectivity index (χ0v) is 9.39. The summed E-state index contributed by atoms with van der Waals surface area (Å²) in [5.74, 6) is -0.142. The van der Waals surface area contributed by atoms with Crippen LogP contribution in [-0.4, -0.2) is 22.7 Å². The van der Waals surface area contributed by atoms with Gasteiger partial charge in [-0.2, -0.15) is 11.3 Å². The van der Waals surface area contributed by atoms with E-state index in [1.165, 1.54) is 11.3 Å². The summed E-state index contributed by atoms with van der Waals surface area (Å²) in [6.45, 7) is 5.25. The molecule has 4 heteroatoms. The lowest BCUT2D eigenvalue weighted by atomic mass is 9.98. The molecule has 1 heterocycles. The fourth-order valence-electron chi connectivity index (χ4n) is 0.863. The normalized spacial score (nSPS) is 13.7. The third kappa shape index (κ3) is 2.56. The van der Waals surface area contributed by atoms with E-state index in [-0.39, 0.29) is 5.91 Å². The highest BCUT2D eigenvalue weighted by atomic mass is 32.1. The molecular formula is C10H15NO2S. The minimum atomic E-state index is -0.598. The molecule has 78 valence electrons. The van der Waals surface area contributed by atoms with Crippen LogP contribution in [0.15, 0.2) is 16.8 Å². The van der Waals surface area contributed by atoms with Crippen LogP contribution in [0.5, 0.6) is 0 Å². The average molecular weight is 213 g/mol. The van der Waals surface area contributed by atoms with Gasteiger partial charge in [0, 0.05) is 5.38 Å². The predicted molar refractivity (Wildman–Crippen MR) is 57.5 cm³/mol. The first-order valence-corrected chi connectivity index (χ1v) is 5.40. The van der Waals surface area contributed by atoms with Crippen molar-refractivity contribution < 1.29 is 9.90 Å². The number of carbonyl (C=O) groups is 1. The Morgan fingerprint density at radius 2 is 2.29 bits per heavy atom. The van der Waals surface area contributed by atoms with Crippen molar-refractivity contribution in [2.75, 3.05) is 0 Å². The molecule has 1 aromatic heterocycles. The van der Waals surface area contributed by atoms with Gasteiger partial charge in [-0.1, -0.05) is 0 Å². The summed E-state index contributed by atoms with van der Waals surface area (Å²) in [5.41, 5.74) is 0.0441. The van der Waals surface area contributed by atoms with Gasteiger partial charge in [0.1, 0.15) is 0 Å². The molecule has 1 rings (SSSR count). The van der Waals surface area contributed by atoms with Crippen molar-refractivity contribution in [3.8, 4) is 0 Å². The van der Waals surface area contributed by atoms with Gasteiger partial charge in [-0.05, 0) is 32.2 Å². The Morgan fingerprint density at radius 1 is 1.64 bits per heavy atom. The molecule has 0 radical (unpaired) electrons. The molecule has 1 atom stereocenters. The molecule has 0 bridgehead atoms. The number of nitrogens with one attached hydrogen (secondary N) is 1. The first kappa shape index (κ1) is 11.2. The van der Waals surface area contributed by atoms with E-state index in [1.807, 2.05) is 5.38 Å². The molecule has 14 heavy (non-hydrogen) atoms. The summed E-state index contributed by atoms with van der Waals surface area (Å²) in [4.78, 5) is 11.6. The average Bonchev–Trinajstić information content (AvgIpc) is 2.54. The Morgan fingerprint density at radius 3 is 2.71 bits per heavy atom. The molecule has 1 amide bonds. The summed E-state index contributed by atoms with van der Waals surface area (Å²) >= 11 is 1.48. The molecular weight excluding hydrogens is 198 g/mol. The number of thiophene rings is 1. The second kappa shape index (κ2) is 4.11. The maximum atomic E-state index is 11.6. The quantitative estimate of drug-likeness (QED) is 0.802. The molecule has 2 N–H and O–H groups in total. The molecule has 0 aliphatic carbocycles. The second-order valence-electron chi connectivity index (χ2n) is 3.86. The lowest BCUT2D eigenvalue weighted by Crippen LogP contribution is -2.50.